The molecule has 0 aromatic heterocycles. The van der Waals surface area contributed by atoms with Crippen molar-refractivity contribution in [1.29, 1.82) is 0 Å². The van der Waals surface area contributed by atoms with Crippen LogP contribution in [-0.2, 0) is 5.54 Å². The van der Waals surface area contributed by atoms with Crippen LogP contribution in [0.2, 0.25) is 0 Å². The van der Waals surface area contributed by atoms with Gasteiger partial charge in [0.1, 0.15) is 0 Å². The molecule has 0 spiro atoms. The fraction of sp³-hybridized carbons (Fsp3) is 0.647. The number of nitrogens with zero attached hydrogens (tertiary/aromatic N) is 1. The zero-order chi connectivity index (χ0) is 14.4. The normalized spacial score (nSPS) is 22.9. The Labute approximate surface area is 122 Å². The van der Waals surface area contributed by atoms with E-state index in [1.54, 1.807) is 0 Å². The average Bonchev–Trinajstić information content (AvgIpc) is 2.94. The second-order valence-electron chi connectivity index (χ2n) is 6.17. The van der Waals surface area contributed by atoms with Crippen LogP contribution in [0.5, 0.6) is 0 Å². The zero-order valence-electron chi connectivity index (χ0n) is 12.6. The van der Waals surface area contributed by atoms with Gasteiger partial charge in [0.2, 0.25) is 0 Å². The van der Waals surface area contributed by atoms with E-state index in [4.69, 9.17) is 5.73 Å². The molecule has 3 N–H and O–H groups in total. The van der Waals surface area contributed by atoms with Gasteiger partial charge in [-0.25, -0.2) is 0 Å². The Morgan fingerprint density at radius 2 is 2.10 bits per heavy atom. The molecule has 3 nitrogen and oxygen atoms in total. The molecule has 1 aliphatic heterocycles. The number of aliphatic hydroxyl groups excluding tert-OH is 1. The summed E-state index contributed by atoms with van der Waals surface area (Å²) in [6.07, 6.45) is 4.74. The van der Waals surface area contributed by atoms with Gasteiger partial charge in [-0.1, -0.05) is 43.7 Å². The molecule has 2 atom stereocenters. The van der Waals surface area contributed by atoms with Crippen molar-refractivity contribution in [3.05, 3.63) is 35.9 Å². The second kappa shape index (κ2) is 7.21. The summed E-state index contributed by atoms with van der Waals surface area (Å²) in [4.78, 5) is 2.50. The molecule has 1 fully saturated rings. The lowest BCUT2D eigenvalue weighted by molar-refractivity contribution is 0.169. The molecule has 20 heavy (non-hydrogen) atoms. The first-order chi connectivity index (χ1) is 9.68. The van der Waals surface area contributed by atoms with Gasteiger partial charge in [0.15, 0.2) is 0 Å². The van der Waals surface area contributed by atoms with Gasteiger partial charge >= 0.3 is 0 Å². The highest BCUT2D eigenvalue weighted by molar-refractivity contribution is 5.24. The Balaban J connectivity index is 1.88. The highest BCUT2D eigenvalue weighted by Crippen LogP contribution is 2.25. The first-order valence-corrected chi connectivity index (χ1v) is 7.85. The topological polar surface area (TPSA) is 49.5 Å². The van der Waals surface area contributed by atoms with Crippen LogP contribution in [0, 0.1) is 5.92 Å². The Hall–Kier alpha value is -0.900. The minimum atomic E-state index is -0.607. The van der Waals surface area contributed by atoms with Crippen molar-refractivity contribution in [2.75, 3.05) is 26.2 Å². The minimum absolute atomic E-state index is 0.00322. The standard InChI is InChI=1S/C17H28N2O/c1-2-6-15-9-11-19(13-15)12-10-17(18,14-20)16-7-4-3-5-8-16/h3-5,7-8,15,20H,2,6,9-14,18H2,1H3. The average molecular weight is 276 g/mol. The predicted octanol–water partition coefficient (Wildman–Crippen LogP) is 2.35. The molecule has 1 aromatic carbocycles. The molecule has 3 heteroatoms. The molecule has 0 bridgehead atoms. The lowest BCUT2D eigenvalue weighted by Gasteiger charge is -2.30. The van der Waals surface area contributed by atoms with E-state index < -0.39 is 5.54 Å². The van der Waals surface area contributed by atoms with Crippen LogP contribution < -0.4 is 5.73 Å². The van der Waals surface area contributed by atoms with Crippen LogP contribution >= 0.6 is 0 Å². The number of hydrogen-bond acceptors (Lipinski definition) is 3. The Morgan fingerprint density at radius 3 is 2.75 bits per heavy atom. The van der Waals surface area contributed by atoms with Crippen LogP contribution in [0.3, 0.4) is 0 Å². The number of rotatable bonds is 7. The van der Waals surface area contributed by atoms with Crippen molar-refractivity contribution in [1.82, 2.24) is 4.90 Å². The van der Waals surface area contributed by atoms with E-state index in [-0.39, 0.29) is 6.61 Å². The number of benzene rings is 1. The maximum absolute atomic E-state index is 9.71. The summed E-state index contributed by atoms with van der Waals surface area (Å²) in [5.41, 5.74) is 6.84. The van der Waals surface area contributed by atoms with Gasteiger partial charge in [0.25, 0.3) is 0 Å². The number of nitrogens with two attached hydrogens (primary N) is 1. The highest BCUT2D eigenvalue weighted by Gasteiger charge is 2.29. The molecule has 2 unspecified atom stereocenters. The lowest BCUT2D eigenvalue weighted by Crippen LogP contribution is -2.43. The first-order valence-electron chi connectivity index (χ1n) is 7.85. The third kappa shape index (κ3) is 3.81. The molecule has 0 saturated carbocycles. The van der Waals surface area contributed by atoms with E-state index in [0.717, 1.165) is 24.4 Å². The Morgan fingerprint density at radius 1 is 1.35 bits per heavy atom. The van der Waals surface area contributed by atoms with Crippen molar-refractivity contribution in [2.45, 2.75) is 38.1 Å². The van der Waals surface area contributed by atoms with E-state index in [0.29, 0.717) is 0 Å². The summed E-state index contributed by atoms with van der Waals surface area (Å²) >= 11 is 0. The third-order valence-corrected chi connectivity index (χ3v) is 4.57. The van der Waals surface area contributed by atoms with Gasteiger partial charge in [-0.15, -0.1) is 0 Å². The van der Waals surface area contributed by atoms with Crippen molar-refractivity contribution in [3.8, 4) is 0 Å². The van der Waals surface area contributed by atoms with Crippen LogP contribution in [-0.4, -0.2) is 36.2 Å². The van der Waals surface area contributed by atoms with Crippen molar-refractivity contribution < 1.29 is 5.11 Å². The fourth-order valence-electron chi connectivity index (χ4n) is 3.20. The van der Waals surface area contributed by atoms with Crippen molar-refractivity contribution in [3.63, 3.8) is 0 Å². The van der Waals surface area contributed by atoms with Gasteiger partial charge in [0.05, 0.1) is 12.1 Å². The largest absolute Gasteiger partial charge is 0.394 e. The second-order valence-corrected chi connectivity index (χ2v) is 6.17. The number of aliphatic hydroxyl groups is 1. The monoisotopic (exact) mass is 276 g/mol. The predicted molar refractivity (Wildman–Crippen MR) is 83.5 cm³/mol. The van der Waals surface area contributed by atoms with E-state index in [9.17, 15) is 5.11 Å². The maximum atomic E-state index is 9.71. The van der Waals surface area contributed by atoms with Gasteiger partial charge in [0, 0.05) is 13.1 Å². The van der Waals surface area contributed by atoms with Crippen molar-refractivity contribution in [2.24, 2.45) is 11.7 Å². The van der Waals surface area contributed by atoms with E-state index >= 15 is 0 Å². The number of hydrogen-bond donors (Lipinski definition) is 2. The van der Waals surface area contributed by atoms with Gasteiger partial charge < -0.3 is 15.7 Å². The SMILES string of the molecule is CCCC1CCN(CCC(N)(CO)c2ccccc2)C1. The zero-order valence-corrected chi connectivity index (χ0v) is 12.6. The molecule has 1 aromatic rings. The quantitative estimate of drug-likeness (QED) is 0.803. The van der Waals surface area contributed by atoms with Crippen LogP contribution in [0.1, 0.15) is 38.2 Å². The van der Waals surface area contributed by atoms with Gasteiger partial charge in [-0.05, 0) is 37.3 Å². The molecule has 0 radical (unpaired) electrons. The number of likely N-dealkylation sites (tertiary alicyclic amines) is 1. The van der Waals surface area contributed by atoms with Crippen molar-refractivity contribution >= 4 is 0 Å². The summed E-state index contributed by atoms with van der Waals surface area (Å²) in [6, 6.07) is 9.98. The summed E-state index contributed by atoms with van der Waals surface area (Å²) in [7, 11) is 0. The molecular weight excluding hydrogens is 248 g/mol. The Bertz CT molecular complexity index is 395. The highest BCUT2D eigenvalue weighted by atomic mass is 16.3. The summed E-state index contributed by atoms with van der Waals surface area (Å²) in [5, 5.41) is 9.71. The molecule has 112 valence electrons. The van der Waals surface area contributed by atoms with Crippen LogP contribution in [0.25, 0.3) is 0 Å². The van der Waals surface area contributed by atoms with Crippen LogP contribution in [0.4, 0.5) is 0 Å². The first kappa shape index (κ1) is 15.5. The fourth-order valence-corrected chi connectivity index (χ4v) is 3.20. The van der Waals surface area contributed by atoms with E-state index in [1.807, 2.05) is 30.3 Å². The summed E-state index contributed by atoms with van der Waals surface area (Å²) in [5.74, 6) is 0.859. The van der Waals surface area contributed by atoms with Crippen LogP contribution in [0.15, 0.2) is 30.3 Å². The maximum Gasteiger partial charge on any atom is 0.0656 e. The summed E-state index contributed by atoms with van der Waals surface area (Å²) in [6.45, 7) is 5.62. The van der Waals surface area contributed by atoms with Gasteiger partial charge in [-0.3, -0.25) is 0 Å². The molecule has 0 aliphatic carbocycles. The van der Waals surface area contributed by atoms with E-state index in [1.165, 1.54) is 32.4 Å². The third-order valence-electron chi connectivity index (χ3n) is 4.57. The molecule has 1 saturated heterocycles. The molecular formula is C17H28N2O. The molecule has 1 heterocycles. The van der Waals surface area contributed by atoms with E-state index in [2.05, 4.69) is 11.8 Å². The molecule has 1 aliphatic rings. The summed E-state index contributed by atoms with van der Waals surface area (Å²) < 4.78 is 0. The minimum Gasteiger partial charge on any atom is -0.394 e. The van der Waals surface area contributed by atoms with Gasteiger partial charge in [-0.2, -0.15) is 0 Å². The lowest BCUT2D eigenvalue weighted by atomic mass is 9.88. The smallest absolute Gasteiger partial charge is 0.0656 e. The Kier molecular flexibility index (Phi) is 5.58. The molecule has 2 rings (SSSR count). The molecule has 0 amide bonds.